The number of carbonyl (C=O) groups excluding carboxylic acids is 1. The Morgan fingerprint density at radius 1 is 0.812 bits per heavy atom. The molecule has 0 saturated heterocycles. The lowest BCUT2D eigenvalue weighted by Crippen LogP contribution is -2.25. The Labute approximate surface area is 186 Å². The third kappa shape index (κ3) is 5.32. The molecule has 1 amide bonds. The Hall–Kier alpha value is -3.25. The van der Waals surface area contributed by atoms with Gasteiger partial charge in [0.25, 0.3) is 26.0 Å². The lowest BCUT2D eigenvalue weighted by molar-refractivity contribution is -0.0258. The molecule has 0 saturated carbocycles. The molecule has 0 aliphatic carbocycles. The second kappa shape index (κ2) is 9.49. The Morgan fingerprint density at radius 2 is 1.44 bits per heavy atom. The average Bonchev–Trinajstić information content (AvgIpc) is 2.79. The van der Waals surface area contributed by atoms with E-state index in [0.29, 0.717) is 10.2 Å². The fourth-order valence-electron chi connectivity index (χ4n) is 2.70. The minimum Gasteiger partial charge on any atom is -0.322 e. The molecule has 3 aromatic carbocycles. The van der Waals surface area contributed by atoms with Crippen LogP contribution in [0.4, 0.5) is 11.4 Å². The van der Waals surface area contributed by atoms with Crippen molar-refractivity contribution >= 4 is 37.3 Å². The minimum atomic E-state index is -3.82. The summed E-state index contributed by atoms with van der Waals surface area (Å²) in [5.41, 5.74) is 0.856. The van der Waals surface area contributed by atoms with Gasteiger partial charge in [0.2, 0.25) is 0 Å². The summed E-state index contributed by atoms with van der Waals surface area (Å²) in [4.78, 5) is 17.3. The van der Waals surface area contributed by atoms with Crippen molar-refractivity contribution in [3.63, 3.8) is 0 Å². The molecule has 0 radical (unpaired) electrons. The first-order valence-electron chi connectivity index (χ1n) is 9.26. The SMILES string of the molecule is CON(C)S(=O)(=O)c1ccc(C(=O)Nc2cccc(NS(=O)(=O)c3ccccc3)c2)cc1. The van der Waals surface area contributed by atoms with Gasteiger partial charge in [0.15, 0.2) is 0 Å². The minimum absolute atomic E-state index is 0.0317. The van der Waals surface area contributed by atoms with Gasteiger partial charge in [-0.05, 0) is 54.6 Å². The maximum atomic E-state index is 12.5. The fraction of sp³-hybridized carbons (Fsp3) is 0.0952. The van der Waals surface area contributed by atoms with E-state index < -0.39 is 26.0 Å². The van der Waals surface area contributed by atoms with Gasteiger partial charge in [-0.15, -0.1) is 0 Å². The van der Waals surface area contributed by atoms with E-state index in [4.69, 9.17) is 4.84 Å². The lowest BCUT2D eigenvalue weighted by atomic mass is 10.2. The highest BCUT2D eigenvalue weighted by Crippen LogP contribution is 2.21. The molecular formula is C21H21N3O6S2. The Kier molecular flexibility index (Phi) is 6.94. The summed E-state index contributed by atoms with van der Waals surface area (Å²) in [5, 5.41) is 2.66. The van der Waals surface area contributed by atoms with Gasteiger partial charge in [-0.2, -0.15) is 0 Å². The van der Waals surface area contributed by atoms with Crippen LogP contribution in [0.3, 0.4) is 0 Å². The molecule has 0 unspecified atom stereocenters. The maximum absolute atomic E-state index is 12.5. The number of rotatable bonds is 8. The number of nitrogens with one attached hydrogen (secondary N) is 2. The number of sulfonamides is 2. The highest BCUT2D eigenvalue weighted by Gasteiger charge is 2.21. The highest BCUT2D eigenvalue weighted by molar-refractivity contribution is 7.92. The molecule has 0 aromatic heterocycles. The van der Waals surface area contributed by atoms with E-state index in [1.165, 1.54) is 56.6 Å². The number of hydrogen-bond acceptors (Lipinski definition) is 6. The third-order valence-corrected chi connectivity index (χ3v) is 7.53. The zero-order valence-electron chi connectivity index (χ0n) is 17.2. The van der Waals surface area contributed by atoms with Gasteiger partial charge in [0, 0.05) is 18.3 Å². The first-order chi connectivity index (χ1) is 15.1. The van der Waals surface area contributed by atoms with Gasteiger partial charge < -0.3 is 5.32 Å². The van der Waals surface area contributed by atoms with Gasteiger partial charge in [-0.25, -0.2) is 16.8 Å². The predicted molar refractivity (Wildman–Crippen MR) is 120 cm³/mol. The number of anilines is 2. The second-order valence-electron chi connectivity index (χ2n) is 6.58. The van der Waals surface area contributed by atoms with E-state index in [2.05, 4.69) is 10.0 Å². The van der Waals surface area contributed by atoms with Gasteiger partial charge in [0.05, 0.1) is 22.6 Å². The van der Waals surface area contributed by atoms with Crippen molar-refractivity contribution < 1.29 is 26.5 Å². The molecule has 0 aliphatic heterocycles. The zero-order valence-corrected chi connectivity index (χ0v) is 18.9. The van der Waals surface area contributed by atoms with Crippen molar-refractivity contribution in [3.05, 3.63) is 84.4 Å². The molecule has 0 atom stereocenters. The predicted octanol–water partition coefficient (Wildman–Crippen LogP) is 2.92. The lowest BCUT2D eigenvalue weighted by Gasteiger charge is -2.14. The van der Waals surface area contributed by atoms with Crippen molar-refractivity contribution in [2.45, 2.75) is 9.79 Å². The van der Waals surface area contributed by atoms with E-state index in [-0.39, 0.29) is 21.0 Å². The molecule has 168 valence electrons. The van der Waals surface area contributed by atoms with Crippen LogP contribution in [0.2, 0.25) is 0 Å². The van der Waals surface area contributed by atoms with E-state index >= 15 is 0 Å². The van der Waals surface area contributed by atoms with Crippen LogP contribution in [-0.2, 0) is 24.9 Å². The quantitative estimate of drug-likeness (QED) is 0.483. The van der Waals surface area contributed by atoms with Crippen molar-refractivity contribution in [2.75, 3.05) is 24.2 Å². The van der Waals surface area contributed by atoms with Crippen LogP contribution >= 0.6 is 0 Å². The smallest absolute Gasteiger partial charge is 0.264 e. The van der Waals surface area contributed by atoms with Crippen LogP contribution in [0.15, 0.2) is 88.7 Å². The molecule has 11 heteroatoms. The molecule has 0 aliphatic rings. The number of amides is 1. The van der Waals surface area contributed by atoms with Crippen molar-refractivity contribution in [2.24, 2.45) is 0 Å². The number of carbonyl (C=O) groups is 1. The topological polar surface area (TPSA) is 122 Å². The van der Waals surface area contributed by atoms with Crippen LogP contribution in [-0.4, -0.2) is 41.4 Å². The van der Waals surface area contributed by atoms with Crippen LogP contribution in [0.25, 0.3) is 0 Å². The third-order valence-electron chi connectivity index (χ3n) is 4.44. The van der Waals surface area contributed by atoms with E-state index in [1.807, 2.05) is 0 Å². The van der Waals surface area contributed by atoms with Crippen molar-refractivity contribution in [3.8, 4) is 0 Å². The number of benzene rings is 3. The Balaban J connectivity index is 1.74. The summed E-state index contributed by atoms with van der Waals surface area (Å²) >= 11 is 0. The summed E-state index contributed by atoms with van der Waals surface area (Å²) < 4.78 is 52.6. The summed E-state index contributed by atoms with van der Waals surface area (Å²) in [5.74, 6) is -0.489. The van der Waals surface area contributed by atoms with Crippen LogP contribution in [0, 0.1) is 0 Å². The Morgan fingerprint density at radius 3 is 2.06 bits per heavy atom. The maximum Gasteiger partial charge on any atom is 0.264 e. The number of hydroxylamine groups is 1. The van der Waals surface area contributed by atoms with E-state index in [1.54, 1.807) is 36.4 Å². The normalized spacial score (nSPS) is 11.8. The van der Waals surface area contributed by atoms with Gasteiger partial charge in [-0.3, -0.25) is 14.4 Å². The molecule has 3 aromatic rings. The summed E-state index contributed by atoms with van der Waals surface area (Å²) in [6.45, 7) is 0. The van der Waals surface area contributed by atoms with Gasteiger partial charge in [0.1, 0.15) is 0 Å². The van der Waals surface area contributed by atoms with Crippen molar-refractivity contribution in [1.29, 1.82) is 0 Å². The Bertz CT molecular complexity index is 1310. The molecule has 2 N–H and O–H groups in total. The number of nitrogens with zero attached hydrogens (tertiary/aromatic N) is 1. The molecule has 9 nitrogen and oxygen atoms in total. The second-order valence-corrected chi connectivity index (χ2v) is 10.2. The highest BCUT2D eigenvalue weighted by atomic mass is 32.2. The molecule has 0 fully saturated rings. The molecule has 32 heavy (non-hydrogen) atoms. The standard InChI is InChI=1S/C21H21N3O6S2/c1-24(30-2)32(28,29)20-13-11-16(12-14-20)21(25)22-17-7-6-8-18(15-17)23-31(26,27)19-9-4-3-5-10-19/h3-15,23H,1-2H3,(H,22,25). The van der Waals surface area contributed by atoms with E-state index in [0.717, 1.165) is 0 Å². The largest absolute Gasteiger partial charge is 0.322 e. The van der Waals surface area contributed by atoms with E-state index in [9.17, 15) is 21.6 Å². The first kappa shape index (κ1) is 23.4. The number of hydrogen-bond donors (Lipinski definition) is 2. The monoisotopic (exact) mass is 475 g/mol. The fourth-order valence-corrected chi connectivity index (χ4v) is 4.75. The zero-order chi connectivity index (χ0) is 23.4. The van der Waals surface area contributed by atoms with Crippen LogP contribution in [0.1, 0.15) is 10.4 Å². The molecule has 0 bridgehead atoms. The van der Waals surface area contributed by atoms with Gasteiger partial charge >= 0.3 is 0 Å². The summed E-state index contributed by atoms with van der Waals surface area (Å²) in [6.07, 6.45) is 0. The molecule has 3 rings (SSSR count). The van der Waals surface area contributed by atoms with Crippen LogP contribution in [0.5, 0.6) is 0 Å². The molecule has 0 spiro atoms. The van der Waals surface area contributed by atoms with Crippen LogP contribution < -0.4 is 10.0 Å². The summed E-state index contributed by atoms with van der Waals surface area (Å²) in [7, 11) is -5.11. The van der Waals surface area contributed by atoms with Crippen molar-refractivity contribution in [1.82, 2.24) is 4.47 Å². The first-order valence-corrected chi connectivity index (χ1v) is 12.2. The average molecular weight is 476 g/mol. The molecule has 0 heterocycles. The molecular weight excluding hydrogens is 454 g/mol. The van der Waals surface area contributed by atoms with Gasteiger partial charge in [-0.1, -0.05) is 28.7 Å². The summed E-state index contributed by atoms with van der Waals surface area (Å²) in [6, 6.07) is 19.5.